The number of anilines is 1. The second-order valence-corrected chi connectivity index (χ2v) is 6.81. The second-order valence-electron chi connectivity index (χ2n) is 6.00. The molecule has 0 unspecified atom stereocenters. The molecular formula is C19H15Cl2N3O5. The van der Waals surface area contributed by atoms with Crippen molar-refractivity contribution in [2.24, 2.45) is 0 Å². The average molecular weight is 436 g/mol. The Hall–Kier alpha value is -3.10. The van der Waals surface area contributed by atoms with Crippen LogP contribution in [0.3, 0.4) is 0 Å². The minimum Gasteiger partial charge on any atom is -0.494 e. The maximum atomic E-state index is 12.3. The second kappa shape index (κ2) is 8.50. The highest BCUT2D eigenvalue weighted by Crippen LogP contribution is 2.37. The molecule has 0 aliphatic carbocycles. The van der Waals surface area contributed by atoms with Gasteiger partial charge in [-0.3, -0.25) is 14.9 Å². The highest BCUT2D eigenvalue weighted by molar-refractivity contribution is 6.39. The first-order valence-electron chi connectivity index (χ1n) is 8.30. The lowest BCUT2D eigenvalue weighted by Gasteiger charge is -2.13. The van der Waals surface area contributed by atoms with Gasteiger partial charge in [-0.1, -0.05) is 23.2 Å². The van der Waals surface area contributed by atoms with Gasteiger partial charge in [0.05, 0.1) is 33.8 Å². The lowest BCUT2D eigenvalue weighted by Crippen LogP contribution is -2.20. The number of fused-ring (bicyclic) bond motifs is 1. The molecule has 2 aromatic carbocycles. The van der Waals surface area contributed by atoms with E-state index in [2.05, 4.69) is 10.3 Å². The molecule has 0 spiro atoms. The van der Waals surface area contributed by atoms with E-state index in [1.165, 1.54) is 31.4 Å². The van der Waals surface area contributed by atoms with Crippen molar-refractivity contribution >= 4 is 51.4 Å². The first-order valence-corrected chi connectivity index (χ1v) is 9.06. The molecule has 1 amide bonds. The SMILES string of the molecule is COc1cc([N+](=O)[O-])ccc1NC(=O)COc1c(Cl)cc(Cl)c2ccc(C)nc12. The molecule has 29 heavy (non-hydrogen) atoms. The van der Waals surface area contributed by atoms with Gasteiger partial charge in [0, 0.05) is 17.1 Å². The number of amides is 1. The van der Waals surface area contributed by atoms with E-state index in [0.29, 0.717) is 15.9 Å². The van der Waals surface area contributed by atoms with Crippen molar-refractivity contribution in [3.05, 3.63) is 62.3 Å². The highest BCUT2D eigenvalue weighted by Gasteiger charge is 2.17. The summed E-state index contributed by atoms with van der Waals surface area (Å²) in [7, 11) is 1.35. The summed E-state index contributed by atoms with van der Waals surface area (Å²) in [6, 6.07) is 8.98. The molecule has 3 rings (SSSR count). The van der Waals surface area contributed by atoms with Crippen LogP contribution in [0.15, 0.2) is 36.4 Å². The van der Waals surface area contributed by atoms with E-state index in [-0.39, 0.29) is 34.5 Å². The zero-order valence-corrected chi connectivity index (χ0v) is 16.9. The Balaban J connectivity index is 1.80. The van der Waals surface area contributed by atoms with Crippen LogP contribution in [-0.4, -0.2) is 29.5 Å². The lowest BCUT2D eigenvalue weighted by molar-refractivity contribution is -0.384. The number of non-ortho nitro benzene ring substituents is 1. The number of halogens is 2. The largest absolute Gasteiger partial charge is 0.494 e. The molecule has 0 bridgehead atoms. The standard InChI is InChI=1S/C19H15Cl2N3O5/c1-10-3-5-12-13(20)8-14(21)19(18(12)22-10)29-9-17(25)23-15-6-4-11(24(26)27)7-16(15)28-2/h3-8H,9H2,1-2H3,(H,23,25). The van der Waals surface area contributed by atoms with Crippen molar-refractivity contribution in [2.75, 3.05) is 19.0 Å². The van der Waals surface area contributed by atoms with Gasteiger partial charge in [0.2, 0.25) is 0 Å². The van der Waals surface area contributed by atoms with E-state index >= 15 is 0 Å². The molecular weight excluding hydrogens is 421 g/mol. The summed E-state index contributed by atoms with van der Waals surface area (Å²) in [6.07, 6.45) is 0. The molecule has 0 atom stereocenters. The Labute approximate surface area is 175 Å². The van der Waals surface area contributed by atoms with E-state index in [1.807, 2.05) is 6.92 Å². The van der Waals surface area contributed by atoms with Gasteiger partial charge in [-0.15, -0.1) is 0 Å². The maximum absolute atomic E-state index is 12.3. The summed E-state index contributed by atoms with van der Waals surface area (Å²) in [6.45, 7) is 1.44. The van der Waals surface area contributed by atoms with Crippen LogP contribution in [0.25, 0.3) is 10.9 Å². The molecule has 10 heteroatoms. The first kappa shape index (κ1) is 20.6. The highest BCUT2D eigenvalue weighted by atomic mass is 35.5. The molecule has 0 saturated heterocycles. The number of aryl methyl sites for hydroxylation is 1. The van der Waals surface area contributed by atoms with Crippen molar-refractivity contribution in [3.63, 3.8) is 0 Å². The lowest BCUT2D eigenvalue weighted by atomic mass is 10.2. The van der Waals surface area contributed by atoms with Crippen LogP contribution >= 0.6 is 23.2 Å². The van der Waals surface area contributed by atoms with E-state index < -0.39 is 10.8 Å². The Morgan fingerprint density at radius 3 is 2.66 bits per heavy atom. The molecule has 0 fully saturated rings. The van der Waals surface area contributed by atoms with Crippen molar-refractivity contribution in [1.29, 1.82) is 0 Å². The van der Waals surface area contributed by atoms with E-state index in [0.717, 1.165) is 5.69 Å². The summed E-state index contributed by atoms with van der Waals surface area (Å²) >= 11 is 12.4. The summed E-state index contributed by atoms with van der Waals surface area (Å²) in [4.78, 5) is 27.1. The van der Waals surface area contributed by atoms with Gasteiger partial charge in [0.15, 0.2) is 12.4 Å². The van der Waals surface area contributed by atoms with Crippen molar-refractivity contribution in [3.8, 4) is 11.5 Å². The van der Waals surface area contributed by atoms with Crippen LogP contribution in [0.5, 0.6) is 11.5 Å². The number of nitrogens with one attached hydrogen (secondary N) is 1. The third-order valence-electron chi connectivity index (χ3n) is 3.99. The van der Waals surface area contributed by atoms with Crippen molar-refractivity contribution < 1.29 is 19.2 Å². The quantitative estimate of drug-likeness (QED) is 0.441. The number of methoxy groups -OCH3 is 1. The van der Waals surface area contributed by atoms with Gasteiger partial charge in [-0.25, -0.2) is 4.98 Å². The zero-order chi connectivity index (χ0) is 21.1. The number of benzene rings is 2. The topological polar surface area (TPSA) is 104 Å². The minimum absolute atomic E-state index is 0.153. The molecule has 1 N–H and O–H groups in total. The Morgan fingerprint density at radius 1 is 1.21 bits per heavy atom. The van der Waals surface area contributed by atoms with Crippen LogP contribution in [-0.2, 0) is 4.79 Å². The molecule has 0 aliphatic heterocycles. The summed E-state index contributed by atoms with van der Waals surface area (Å²) in [5.41, 5.74) is 1.30. The third kappa shape index (κ3) is 4.49. The number of hydrogen-bond donors (Lipinski definition) is 1. The van der Waals surface area contributed by atoms with Crippen LogP contribution in [0.4, 0.5) is 11.4 Å². The van der Waals surface area contributed by atoms with E-state index in [1.54, 1.807) is 12.1 Å². The smallest absolute Gasteiger partial charge is 0.273 e. The van der Waals surface area contributed by atoms with Gasteiger partial charge in [0.1, 0.15) is 11.3 Å². The monoisotopic (exact) mass is 435 g/mol. The van der Waals surface area contributed by atoms with Crippen LogP contribution in [0.1, 0.15) is 5.69 Å². The first-order chi connectivity index (χ1) is 13.8. The fraction of sp³-hybridized carbons (Fsp3) is 0.158. The number of nitrogens with zero attached hydrogens (tertiary/aromatic N) is 2. The van der Waals surface area contributed by atoms with Gasteiger partial charge in [-0.2, -0.15) is 0 Å². The molecule has 1 heterocycles. The Kier molecular flexibility index (Phi) is 6.05. The molecule has 0 radical (unpaired) electrons. The molecule has 1 aromatic heterocycles. The van der Waals surface area contributed by atoms with Gasteiger partial charge >= 0.3 is 0 Å². The Morgan fingerprint density at radius 2 is 1.97 bits per heavy atom. The predicted molar refractivity (Wildman–Crippen MR) is 110 cm³/mol. The number of ether oxygens (including phenoxy) is 2. The average Bonchev–Trinajstić information content (AvgIpc) is 2.67. The van der Waals surface area contributed by atoms with Gasteiger partial charge in [0.25, 0.3) is 11.6 Å². The maximum Gasteiger partial charge on any atom is 0.273 e. The molecule has 8 nitrogen and oxygen atoms in total. The van der Waals surface area contributed by atoms with Gasteiger partial charge < -0.3 is 14.8 Å². The number of pyridine rings is 1. The van der Waals surface area contributed by atoms with Crippen molar-refractivity contribution in [2.45, 2.75) is 6.92 Å². The molecule has 0 aliphatic rings. The molecule has 150 valence electrons. The van der Waals surface area contributed by atoms with Crippen LogP contribution in [0, 0.1) is 17.0 Å². The number of aromatic nitrogens is 1. The number of nitro benzene ring substituents is 1. The van der Waals surface area contributed by atoms with Gasteiger partial charge in [-0.05, 0) is 31.2 Å². The van der Waals surface area contributed by atoms with E-state index in [4.69, 9.17) is 32.7 Å². The fourth-order valence-electron chi connectivity index (χ4n) is 2.65. The van der Waals surface area contributed by atoms with Crippen LogP contribution < -0.4 is 14.8 Å². The summed E-state index contributed by atoms with van der Waals surface area (Å²) in [5.74, 6) is -0.121. The Bertz CT molecular complexity index is 1120. The number of carbonyl (C=O) groups is 1. The predicted octanol–water partition coefficient (Wildman–Crippen LogP) is 4.78. The third-order valence-corrected chi connectivity index (χ3v) is 4.59. The van der Waals surface area contributed by atoms with Crippen molar-refractivity contribution in [1.82, 2.24) is 4.98 Å². The van der Waals surface area contributed by atoms with Crippen LogP contribution in [0.2, 0.25) is 10.0 Å². The minimum atomic E-state index is -0.556. The molecule has 0 saturated carbocycles. The molecule has 3 aromatic rings. The number of carbonyl (C=O) groups excluding carboxylic acids is 1. The number of rotatable bonds is 6. The zero-order valence-electron chi connectivity index (χ0n) is 15.4. The summed E-state index contributed by atoms with van der Waals surface area (Å²) < 4.78 is 10.7. The normalized spacial score (nSPS) is 10.6. The fourth-order valence-corrected chi connectivity index (χ4v) is 3.22. The number of hydrogen-bond acceptors (Lipinski definition) is 6. The number of nitro groups is 1. The van der Waals surface area contributed by atoms with E-state index in [9.17, 15) is 14.9 Å². The summed E-state index contributed by atoms with van der Waals surface area (Å²) in [5, 5.41) is 14.7.